The van der Waals surface area contributed by atoms with Gasteiger partial charge in [-0.3, -0.25) is 4.79 Å². The number of hydrogen-bond acceptors (Lipinski definition) is 5. The van der Waals surface area contributed by atoms with Crippen LogP contribution in [0, 0.1) is 0 Å². The normalized spacial score (nSPS) is 11.4. The van der Waals surface area contributed by atoms with Crippen LogP contribution in [-0.4, -0.2) is 26.4 Å². The largest absolute Gasteiger partial charge is 0.473 e. The highest BCUT2D eigenvalue weighted by molar-refractivity contribution is 7.89. The van der Waals surface area contributed by atoms with Crippen LogP contribution in [0.15, 0.2) is 83.9 Å². The maximum atomic E-state index is 12.1. The number of sulfonamides is 1. The summed E-state index contributed by atoms with van der Waals surface area (Å²) in [5, 5.41) is 2.80. The lowest BCUT2D eigenvalue weighted by atomic mass is 10.2. The van der Waals surface area contributed by atoms with Crippen LogP contribution < -0.4 is 14.8 Å². The van der Waals surface area contributed by atoms with Gasteiger partial charge in [0, 0.05) is 24.9 Å². The Morgan fingerprint density at radius 1 is 1.03 bits per heavy atom. The number of nitrogens with one attached hydrogen (secondary N) is 2. The smallest absolute Gasteiger partial charge is 0.244 e. The lowest BCUT2D eigenvalue weighted by Gasteiger charge is -2.07. The third-order valence-electron chi connectivity index (χ3n) is 4.38. The zero-order valence-electron chi connectivity index (χ0n) is 17.0. The van der Waals surface area contributed by atoms with Crippen molar-refractivity contribution >= 4 is 22.0 Å². The molecule has 0 spiro atoms. The van der Waals surface area contributed by atoms with Gasteiger partial charge in [0.2, 0.25) is 21.8 Å². The molecule has 0 saturated carbocycles. The number of pyridine rings is 1. The molecule has 0 aliphatic heterocycles. The summed E-state index contributed by atoms with van der Waals surface area (Å²) in [4.78, 5) is 16.5. The molecule has 1 heterocycles. The molecule has 0 aliphatic carbocycles. The minimum Gasteiger partial charge on any atom is -0.473 e. The first-order chi connectivity index (χ1) is 15.0. The van der Waals surface area contributed by atoms with Crippen molar-refractivity contribution in [3.8, 4) is 5.88 Å². The second-order valence-corrected chi connectivity index (χ2v) is 8.49. The molecule has 1 amide bonds. The molecule has 0 unspecified atom stereocenters. The number of carbonyl (C=O) groups excluding carboxylic acids is 1. The van der Waals surface area contributed by atoms with Gasteiger partial charge in [-0.1, -0.05) is 42.5 Å². The summed E-state index contributed by atoms with van der Waals surface area (Å²) in [6, 6.07) is 19.6. The SMILES string of the molecule is CNS(=O)(=O)c1ccc(C=CC(=O)NCc2ccnc(OCc3ccccc3)c2)cc1. The average Bonchev–Trinajstić information content (AvgIpc) is 2.81. The molecule has 160 valence electrons. The van der Waals surface area contributed by atoms with Gasteiger partial charge in [0.1, 0.15) is 6.61 Å². The van der Waals surface area contributed by atoms with Crippen molar-refractivity contribution in [2.24, 2.45) is 0 Å². The minimum absolute atomic E-state index is 0.166. The Balaban J connectivity index is 1.51. The topological polar surface area (TPSA) is 97.4 Å². The number of rotatable bonds is 9. The molecular formula is C23H23N3O4S. The van der Waals surface area contributed by atoms with Crippen molar-refractivity contribution in [1.29, 1.82) is 0 Å². The van der Waals surface area contributed by atoms with E-state index in [-0.39, 0.29) is 10.8 Å². The van der Waals surface area contributed by atoms with E-state index < -0.39 is 10.0 Å². The summed E-state index contributed by atoms with van der Waals surface area (Å²) in [7, 11) is -2.12. The zero-order valence-corrected chi connectivity index (χ0v) is 17.8. The molecule has 31 heavy (non-hydrogen) atoms. The summed E-state index contributed by atoms with van der Waals surface area (Å²) >= 11 is 0. The summed E-state index contributed by atoms with van der Waals surface area (Å²) in [5.74, 6) is 0.221. The highest BCUT2D eigenvalue weighted by Crippen LogP contribution is 2.13. The van der Waals surface area contributed by atoms with Crippen LogP contribution in [0.2, 0.25) is 0 Å². The molecule has 7 nitrogen and oxygen atoms in total. The van der Waals surface area contributed by atoms with Crippen LogP contribution >= 0.6 is 0 Å². The number of hydrogen-bond donors (Lipinski definition) is 2. The molecule has 0 aliphatic rings. The molecule has 0 fully saturated rings. The Bertz CT molecular complexity index is 1140. The fourth-order valence-electron chi connectivity index (χ4n) is 2.67. The minimum atomic E-state index is -3.48. The van der Waals surface area contributed by atoms with E-state index in [1.54, 1.807) is 36.5 Å². The molecule has 8 heteroatoms. The van der Waals surface area contributed by atoms with Crippen molar-refractivity contribution in [1.82, 2.24) is 15.0 Å². The van der Waals surface area contributed by atoms with Gasteiger partial charge < -0.3 is 10.1 Å². The van der Waals surface area contributed by atoms with Crippen LogP contribution in [0.5, 0.6) is 5.88 Å². The van der Waals surface area contributed by atoms with Gasteiger partial charge in [-0.05, 0) is 48.0 Å². The van der Waals surface area contributed by atoms with E-state index in [9.17, 15) is 13.2 Å². The van der Waals surface area contributed by atoms with Crippen molar-refractivity contribution < 1.29 is 17.9 Å². The quantitative estimate of drug-likeness (QED) is 0.502. The number of benzene rings is 2. The van der Waals surface area contributed by atoms with Crippen LogP contribution in [0.25, 0.3) is 6.08 Å². The first-order valence-corrected chi connectivity index (χ1v) is 11.1. The van der Waals surface area contributed by atoms with Crippen LogP contribution in [-0.2, 0) is 28.0 Å². The first kappa shape index (κ1) is 22.2. The molecule has 3 aromatic rings. The summed E-state index contributed by atoms with van der Waals surface area (Å²) in [6.45, 7) is 0.744. The Labute approximate surface area is 181 Å². The van der Waals surface area contributed by atoms with Crippen molar-refractivity contribution in [3.63, 3.8) is 0 Å². The molecule has 0 bridgehead atoms. The van der Waals surface area contributed by atoms with E-state index in [0.717, 1.165) is 11.1 Å². The van der Waals surface area contributed by atoms with Crippen LogP contribution in [0.4, 0.5) is 0 Å². The molecule has 2 aromatic carbocycles. The van der Waals surface area contributed by atoms with Gasteiger partial charge in [0.15, 0.2) is 0 Å². The highest BCUT2D eigenvalue weighted by atomic mass is 32.2. The lowest BCUT2D eigenvalue weighted by molar-refractivity contribution is -0.116. The standard InChI is InChI=1S/C23H23N3O4S/c1-24-31(28,29)21-10-7-18(8-11-21)9-12-22(27)26-16-20-13-14-25-23(15-20)30-17-19-5-3-2-4-6-19/h2-15,24H,16-17H2,1H3,(H,26,27). The number of amides is 1. The van der Waals surface area contributed by atoms with E-state index in [0.29, 0.717) is 24.6 Å². The zero-order chi connectivity index (χ0) is 22.1. The van der Waals surface area contributed by atoms with Gasteiger partial charge in [0.05, 0.1) is 4.90 Å². The third kappa shape index (κ3) is 6.77. The van der Waals surface area contributed by atoms with Crippen molar-refractivity contribution in [2.75, 3.05) is 7.05 Å². The van der Waals surface area contributed by atoms with Crippen LogP contribution in [0.1, 0.15) is 16.7 Å². The number of carbonyl (C=O) groups is 1. The summed E-state index contributed by atoms with van der Waals surface area (Å²) in [5.41, 5.74) is 2.62. The van der Waals surface area contributed by atoms with Gasteiger partial charge in [-0.2, -0.15) is 0 Å². The number of ether oxygens (including phenoxy) is 1. The number of aromatic nitrogens is 1. The molecule has 3 rings (SSSR count). The van der Waals surface area contributed by atoms with Gasteiger partial charge in [-0.25, -0.2) is 18.1 Å². The Kier molecular flexibility index (Phi) is 7.53. The number of nitrogens with zero attached hydrogens (tertiary/aromatic N) is 1. The van der Waals surface area contributed by atoms with Crippen molar-refractivity contribution in [3.05, 3.63) is 95.7 Å². The predicted octanol–water partition coefficient (Wildman–Crippen LogP) is 2.90. The second kappa shape index (κ2) is 10.5. The van der Waals surface area contributed by atoms with E-state index in [1.807, 2.05) is 30.3 Å². The van der Waals surface area contributed by atoms with Crippen molar-refractivity contribution in [2.45, 2.75) is 18.0 Å². The van der Waals surface area contributed by atoms with Gasteiger partial charge in [-0.15, -0.1) is 0 Å². The average molecular weight is 438 g/mol. The van der Waals surface area contributed by atoms with E-state index in [4.69, 9.17) is 4.74 Å². The second-order valence-electron chi connectivity index (χ2n) is 6.60. The predicted molar refractivity (Wildman–Crippen MR) is 119 cm³/mol. The molecule has 0 atom stereocenters. The third-order valence-corrected chi connectivity index (χ3v) is 5.81. The maximum absolute atomic E-state index is 12.1. The Morgan fingerprint density at radius 2 is 1.77 bits per heavy atom. The molecule has 1 aromatic heterocycles. The van der Waals surface area contributed by atoms with Gasteiger partial charge in [0.25, 0.3) is 0 Å². The Hall–Kier alpha value is -3.49. The molecule has 2 N–H and O–H groups in total. The summed E-state index contributed by atoms with van der Waals surface area (Å²) in [6.07, 6.45) is 4.65. The maximum Gasteiger partial charge on any atom is 0.244 e. The highest BCUT2D eigenvalue weighted by Gasteiger charge is 2.09. The van der Waals surface area contributed by atoms with E-state index in [2.05, 4.69) is 15.0 Å². The van der Waals surface area contributed by atoms with Gasteiger partial charge >= 0.3 is 0 Å². The van der Waals surface area contributed by atoms with E-state index in [1.165, 1.54) is 25.3 Å². The fraction of sp³-hybridized carbons (Fsp3) is 0.130. The fourth-order valence-corrected chi connectivity index (χ4v) is 3.40. The van der Waals surface area contributed by atoms with Crippen LogP contribution in [0.3, 0.4) is 0 Å². The molecule has 0 radical (unpaired) electrons. The molecule has 0 saturated heterocycles. The Morgan fingerprint density at radius 3 is 2.48 bits per heavy atom. The first-order valence-electron chi connectivity index (χ1n) is 9.57. The monoisotopic (exact) mass is 437 g/mol. The molecular weight excluding hydrogens is 414 g/mol. The van der Waals surface area contributed by atoms with E-state index >= 15 is 0 Å². The lowest BCUT2D eigenvalue weighted by Crippen LogP contribution is -2.20. The summed E-state index contributed by atoms with van der Waals surface area (Å²) < 4.78 is 31.4.